The molecule has 4 aromatic rings. The van der Waals surface area contributed by atoms with Crippen LogP contribution in [0.2, 0.25) is 0 Å². The first kappa shape index (κ1) is 30.6. The Hall–Kier alpha value is -2.84. The van der Waals surface area contributed by atoms with E-state index in [2.05, 4.69) is 98.8 Å². The molecular weight excluding hydrogens is 528 g/mol. The van der Waals surface area contributed by atoms with Crippen LogP contribution in [0.1, 0.15) is 31.4 Å². The Kier molecular flexibility index (Phi) is 11.0. The summed E-state index contributed by atoms with van der Waals surface area (Å²) >= 11 is 0. The number of benzene rings is 4. The van der Waals surface area contributed by atoms with E-state index < -0.39 is 11.0 Å². The molecule has 0 aromatic heterocycles. The summed E-state index contributed by atoms with van der Waals surface area (Å²) in [5.74, 6) is 0. The quantitative estimate of drug-likeness (QED) is 0.264. The van der Waals surface area contributed by atoms with Gasteiger partial charge in [0.2, 0.25) is 0 Å². The van der Waals surface area contributed by atoms with E-state index in [9.17, 15) is 0 Å². The molecule has 4 aromatic carbocycles. The molecule has 0 bridgehead atoms. The van der Waals surface area contributed by atoms with Crippen molar-refractivity contribution < 1.29 is 28.4 Å². The first-order valence-electron chi connectivity index (χ1n) is 15.1. The number of fused-ring (bicyclic) bond motifs is 2. The first-order valence-corrected chi connectivity index (χ1v) is 15.1. The maximum Gasteiger partial charge on any atom is 0.127 e. The summed E-state index contributed by atoms with van der Waals surface area (Å²) < 4.78 is 36.7. The molecule has 0 radical (unpaired) electrons. The molecule has 6 heteroatoms. The number of rotatable bonds is 2. The van der Waals surface area contributed by atoms with Gasteiger partial charge in [-0.1, -0.05) is 98.8 Å². The molecule has 1 fully saturated rings. The van der Waals surface area contributed by atoms with Gasteiger partial charge >= 0.3 is 0 Å². The minimum Gasteiger partial charge on any atom is -0.379 e. The number of ether oxygens (including phenoxy) is 6. The molecule has 0 atom stereocenters. The minimum atomic E-state index is -0.857. The van der Waals surface area contributed by atoms with Gasteiger partial charge in [-0.3, -0.25) is 0 Å². The number of hydrogen-bond donors (Lipinski definition) is 0. The van der Waals surface area contributed by atoms with E-state index in [4.69, 9.17) is 28.4 Å². The maximum atomic E-state index is 7.22. The van der Waals surface area contributed by atoms with Gasteiger partial charge < -0.3 is 28.4 Å². The van der Waals surface area contributed by atoms with E-state index in [-0.39, 0.29) is 0 Å². The van der Waals surface area contributed by atoms with Gasteiger partial charge in [0.15, 0.2) is 0 Å². The van der Waals surface area contributed by atoms with E-state index >= 15 is 0 Å². The van der Waals surface area contributed by atoms with Crippen molar-refractivity contribution >= 4 is 21.5 Å². The highest BCUT2D eigenvalue weighted by Crippen LogP contribution is 2.52. The molecular formula is C36H44O6. The van der Waals surface area contributed by atoms with Crippen LogP contribution in [0.3, 0.4) is 0 Å². The predicted octanol–water partition coefficient (Wildman–Crippen LogP) is 6.77. The molecule has 224 valence electrons. The molecule has 0 N–H and O–H groups in total. The Morgan fingerprint density at radius 1 is 0.452 bits per heavy atom. The summed E-state index contributed by atoms with van der Waals surface area (Å²) in [6.07, 6.45) is 0.847. The van der Waals surface area contributed by atoms with Crippen molar-refractivity contribution in [2.24, 2.45) is 5.41 Å². The monoisotopic (exact) mass is 572 g/mol. The molecule has 1 aliphatic heterocycles. The van der Waals surface area contributed by atoms with Crippen LogP contribution in [0.15, 0.2) is 84.9 Å². The zero-order valence-corrected chi connectivity index (χ0v) is 25.0. The highest BCUT2D eigenvalue weighted by molar-refractivity contribution is 5.91. The zero-order valence-electron chi connectivity index (χ0n) is 25.0. The van der Waals surface area contributed by atoms with Gasteiger partial charge in [0.25, 0.3) is 0 Å². The van der Waals surface area contributed by atoms with E-state index in [1.54, 1.807) is 0 Å². The first-order chi connectivity index (χ1) is 20.6. The van der Waals surface area contributed by atoms with Crippen LogP contribution < -0.4 is 0 Å². The van der Waals surface area contributed by atoms with Gasteiger partial charge in [0.05, 0.1) is 59.5 Å². The van der Waals surface area contributed by atoms with E-state index in [1.165, 1.54) is 10.8 Å². The molecule has 42 heavy (non-hydrogen) atoms. The fraction of sp³-hybridized carbons (Fsp3) is 0.444. The van der Waals surface area contributed by atoms with Crippen LogP contribution in [0.25, 0.3) is 21.5 Å². The van der Waals surface area contributed by atoms with Crippen LogP contribution in [-0.4, -0.2) is 72.7 Å². The van der Waals surface area contributed by atoms with Crippen molar-refractivity contribution in [2.75, 3.05) is 72.7 Å². The predicted molar refractivity (Wildman–Crippen MR) is 167 cm³/mol. The number of hydrogen-bond acceptors (Lipinski definition) is 6. The molecule has 1 heterocycles. The second-order valence-electron chi connectivity index (χ2n) is 11.3. The smallest absolute Gasteiger partial charge is 0.127 e. The summed E-state index contributed by atoms with van der Waals surface area (Å²) in [5.41, 5.74) is 0.882. The lowest BCUT2D eigenvalue weighted by Gasteiger charge is -2.48. The van der Waals surface area contributed by atoms with E-state index in [0.717, 1.165) is 28.3 Å². The van der Waals surface area contributed by atoms with Crippen LogP contribution in [-0.2, 0) is 34.0 Å². The summed E-state index contributed by atoms with van der Waals surface area (Å²) in [4.78, 5) is 0. The standard InChI is InChI=1S/C36H44O6/c1-35(2)28-41-25-24-39-22-20-37-18-9-19-38-21-23-40-26-27-42-36(35,33-16-7-12-29-10-3-5-14-31(29)33)34-17-8-13-30-11-4-6-15-32(30)34/h3-8,10-17H,9,18-28H2,1-2H3. The van der Waals surface area contributed by atoms with Crippen LogP contribution in [0.5, 0.6) is 0 Å². The molecule has 0 unspecified atom stereocenters. The Morgan fingerprint density at radius 2 is 0.881 bits per heavy atom. The molecule has 6 nitrogen and oxygen atoms in total. The van der Waals surface area contributed by atoms with Crippen molar-refractivity contribution in [1.29, 1.82) is 0 Å². The Bertz CT molecular complexity index is 1310. The summed E-state index contributed by atoms with van der Waals surface area (Å²) in [6.45, 7) is 10.3. The van der Waals surface area contributed by atoms with Gasteiger partial charge in [-0.2, -0.15) is 0 Å². The van der Waals surface area contributed by atoms with Crippen LogP contribution in [0, 0.1) is 5.41 Å². The fourth-order valence-electron chi connectivity index (χ4n) is 6.00. The van der Waals surface area contributed by atoms with Gasteiger partial charge in [-0.25, -0.2) is 0 Å². The maximum absolute atomic E-state index is 7.22. The molecule has 5 rings (SSSR count). The van der Waals surface area contributed by atoms with Gasteiger partial charge in [-0.05, 0) is 39.1 Å². The Morgan fingerprint density at radius 3 is 1.43 bits per heavy atom. The van der Waals surface area contributed by atoms with Crippen LogP contribution in [0.4, 0.5) is 0 Å². The SMILES string of the molecule is CC1(C)COCCOCCOCCCOCCOCCOC1(c1cccc2ccccc12)c1cccc2ccccc12. The highest BCUT2D eigenvalue weighted by atomic mass is 16.6. The van der Waals surface area contributed by atoms with Gasteiger partial charge in [-0.15, -0.1) is 0 Å². The Balaban J connectivity index is 1.59. The van der Waals surface area contributed by atoms with Crippen molar-refractivity contribution in [3.63, 3.8) is 0 Å². The molecule has 1 aliphatic rings. The normalized spacial score (nSPS) is 20.2. The van der Waals surface area contributed by atoms with Crippen molar-refractivity contribution in [3.05, 3.63) is 96.1 Å². The third kappa shape index (κ3) is 7.03. The second kappa shape index (κ2) is 15.1. The zero-order chi connectivity index (χ0) is 29.1. The average Bonchev–Trinajstić information content (AvgIpc) is 3.01. The lowest BCUT2D eigenvalue weighted by molar-refractivity contribution is -0.139. The molecule has 0 aliphatic carbocycles. The molecule has 0 spiro atoms. The van der Waals surface area contributed by atoms with Crippen molar-refractivity contribution in [1.82, 2.24) is 0 Å². The highest BCUT2D eigenvalue weighted by Gasteiger charge is 2.51. The summed E-state index contributed by atoms with van der Waals surface area (Å²) in [6, 6.07) is 30.1. The van der Waals surface area contributed by atoms with Crippen molar-refractivity contribution in [2.45, 2.75) is 25.9 Å². The summed E-state index contributed by atoms with van der Waals surface area (Å²) in [7, 11) is 0. The molecule has 0 amide bonds. The van der Waals surface area contributed by atoms with Crippen LogP contribution >= 0.6 is 0 Å². The Labute approximate surface area is 249 Å². The minimum absolute atomic E-state index is 0.410. The second-order valence-corrected chi connectivity index (χ2v) is 11.3. The molecule has 1 saturated heterocycles. The van der Waals surface area contributed by atoms with Gasteiger partial charge in [0, 0.05) is 18.6 Å². The lowest BCUT2D eigenvalue weighted by atomic mass is 9.65. The van der Waals surface area contributed by atoms with Gasteiger partial charge in [0.1, 0.15) is 5.60 Å². The lowest BCUT2D eigenvalue weighted by Crippen LogP contribution is -2.49. The van der Waals surface area contributed by atoms with Crippen molar-refractivity contribution in [3.8, 4) is 0 Å². The molecule has 0 saturated carbocycles. The summed E-state index contributed by atoms with van der Waals surface area (Å²) in [5, 5.41) is 4.66. The average molecular weight is 573 g/mol. The third-order valence-electron chi connectivity index (χ3n) is 7.99. The third-order valence-corrected chi connectivity index (χ3v) is 7.99. The topological polar surface area (TPSA) is 55.4 Å². The fourth-order valence-corrected chi connectivity index (χ4v) is 6.00. The van der Waals surface area contributed by atoms with E-state index in [0.29, 0.717) is 72.7 Å². The van der Waals surface area contributed by atoms with E-state index in [1.807, 2.05) is 0 Å². The largest absolute Gasteiger partial charge is 0.379 e.